The first-order chi connectivity index (χ1) is 9.39. The average Bonchev–Trinajstić information content (AvgIpc) is 2.40. The summed E-state index contributed by atoms with van der Waals surface area (Å²) in [5.74, 6) is 1.22. The molecule has 0 aromatic carbocycles. The summed E-state index contributed by atoms with van der Waals surface area (Å²) in [5.41, 5.74) is 0. The van der Waals surface area contributed by atoms with Crippen molar-refractivity contribution in [2.75, 3.05) is 31.1 Å². The van der Waals surface area contributed by atoms with Gasteiger partial charge in [-0.15, -0.1) is 0 Å². The Balaban J connectivity index is 2.51. The molecule has 0 aliphatic carbocycles. The first-order valence-corrected chi connectivity index (χ1v) is 9.89. The molecule has 20 heavy (non-hydrogen) atoms. The van der Waals surface area contributed by atoms with E-state index >= 15 is 0 Å². The molecule has 2 atom stereocenters. The number of rotatable bonds is 8. The number of hydrogen-bond donors (Lipinski definition) is 1. The van der Waals surface area contributed by atoms with Gasteiger partial charge in [0.05, 0.1) is 5.75 Å². The lowest BCUT2D eigenvalue weighted by molar-refractivity contribution is 0.107. The van der Waals surface area contributed by atoms with Crippen molar-refractivity contribution < 1.29 is 8.42 Å². The predicted octanol–water partition coefficient (Wildman–Crippen LogP) is 1.91. The van der Waals surface area contributed by atoms with E-state index in [4.69, 9.17) is 0 Å². The summed E-state index contributed by atoms with van der Waals surface area (Å²) in [6.07, 6.45) is 3.14. The van der Waals surface area contributed by atoms with Gasteiger partial charge in [-0.3, -0.25) is 4.90 Å². The van der Waals surface area contributed by atoms with Crippen molar-refractivity contribution in [2.24, 2.45) is 5.92 Å². The van der Waals surface area contributed by atoms with Gasteiger partial charge in [0.15, 0.2) is 0 Å². The maximum atomic E-state index is 11.6. The first kappa shape index (κ1) is 17.9. The van der Waals surface area contributed by atoms with E-state index in [2.05, 4.69) is 31.0 Å². The largest absolute Gasteiger partial charge is 0.311 e. The van der Waals surface area contributed by atoms with Crippen LogP contribution in [0, 0.1) is 5.92 Å². The highest BCUT2D eigenvalue weighted by Gasteiger charge is 2.28. The maximum absolute atomic E-state index is 11.6. The summed E-state index contributed by atoms with van der Waals surface area (Å²) in [6.45, 7) is 11.4. The number of nitrogens with zero attached hydrogens (tertiary/aromatic N) is 1. The fourth-order valence-corrected chi connectivity index (χ4v) is 3.71. The van der Waals surface area contributed by atoms with Crippen LogP contribution in [0.25, 0.3) is 0 Å². The lowest BCUT2D eigenvalue weighted by atomic mass is 9.97. The molecule has 1 fully saturated rings. The Hall–Kier alpha value is -0.130. The number of hydrogen-bond acceptors (Lipinski definition) is 4. The minimum atomic E-state index is -2.82. The minimum absolute atomic E-state index is 0.265. The van der Waals surface area contributed by atoms with Gasteiger partial charge in [0.25, 0.3) is 0 Å². The van der Waals surface area contributed by atoms with Crippen LogP contribution in [-0.2, 0) is 9.84 Å². The SMILES string of the molecule is CCCC1CNC(C(C)C)CN1CCCS(=O)(=O)CC. The summed E-state index contributed by atoms with van der Waals surface area (Å²) in [6, 6.07) is 1.10. The maximum Gasteiger partial charge on any atom is 0.150 e. The lowest BCUT2D eigenvalue weighted by Gasteiger charge is -2.42. The normalized spacial score (nSPS) is 25.2. The summed E-state index contributed by atoms with van der Waals surface area (Å²) < 4.78 is 23.2. The quantitative estimate of drug-likeness (QED) is 0.744. The third-order valence-electron chi connectivity index (χ3n) is 4.33. The van der Waals surface area contributed by atoms with Crippen molar-refractivity contribution in [3.05, 3.63) is 0 Å². The van der Waals surface area contributed by atoms with E-state index in [1.165, 1.54) is 12.8 Å². The molecule has 0 aromatic rings. The van der Waals surface area contributed by atoms with Crippen molar-refractivity contribution in [1.82, 2.24) is 10.2 Å². The molecule has 1 aliphatic heterocycles. The molecular weight excluding hydrogens is 272 g/mol. The molecule has 4 nitrogen and oxygen atoms in total. The third kappa shape index (κ3) is 5.70. The number of piperazine rings is 1. The van der Waals surface area contributed by atoms with Crippen LogP contribution in [0.2, 0.25) is 0 Å². The fraction of sp³-hybridized carbons (Fsp3) is 1.00. The van der Waals surface area contributed by atoms with Crippen LogP contribution < -0.4 is 5.32 Å². The predicted molar refractivity (Wildman–Crippen MR) is 85.8 cm³/mol. The lowest BCUT2D eigenvalue weighted by Crippen LogP contribution is -2.58. The van der Waals surface area contributed by atoms with E-state index in [0.29, 0.717) is 23.8 Å². The molecule has 0 spiro atoms. The van der Waals surface area contributed by atoms with Crippen LogP contribution in [0.5, 0.6) is 0 Å². The minimum Gasteiger partial charge on any atom is -0.311 e. The van der Waals surface area contributed by atoms with Crippen molar-refractivity contribution in [2.45, 2.75) is 59.0 Å². The highest BCUT2D eigenvalue weighted by atomic mass is 32.2. The van der Waals surface area contributed by atoms with Gasteiger partial charge >= 0.3 is 0 Å². The van der Waals surface area contributed by atoms with Crippen LogP contribution in [0.3, 0.4) is 0 Å². The van der Waals surface area contributed by atoms with Gasteiger partial charge in [-0.25, -0.2) is 8.42 Å². The van der Waals surface area contributed by atoms with Gasteiger partial charge in [-0.2, -0.15) is 0 Å². The fourth-order valence-electron chi connectivity index (χ4n) is 2.85. The van der Waals surface area contributed by atoms with E-state index in [1.54, 1.807) is 6.92 Å². The van der Waals surface area contributed by atoms with Crippen molar-refractivity contribution in [3.8, 4) is 0 Å². The Labute approximate surface area is 125 Å². The molecule has 120 valence electrons. The Kier molecular flexibility index (Phi) is 7.48. The second kappa shape index (κ2) is 8.35. The molecule has 1 saturated heterocycles. The summed E-state index contributed by atoms with van der Waals surface area (Å²) >= 11 is 0. The molecule has 0 radical (unpaired) electrons. The zero-order chi connectivity index (χ0) is 15.2. The van der Waals surface area contributed by atoms with E-state index in [0.717, 1.165) is 26.1 Å². The third-order valence-corrected chi connectivity index (χ3v) is 6.12. The summed E-state index contributed by atoms with van der Waals surface area (Å²) in [4.78, 5) is 2.51. The van der Waals surface area contributed by atoms with Crippen LogP contribution in [0.4, 0.5) is 0 Å². The van der Waals surface area contributed by atoms with Gasteiger partial charge in [0.2, 0.25) is 0 Å². The smallest absolute Gasteiger partial charge is 0.150 e. The van der Waals surface area contributed by atoms with E-state index < -0.39 is 9.84 Å². The highest BCUT2D eigenvalue weighted by molar-refractivity contribution is 7.91. The average molecular weight is 305 g/mol. The molecule has 1 N–H and O–H groups in total. The van der Waals surface area contributed by atoms with E-state index in [1.807, 2.05) is 0 Å². The van der Waals surface area contributed by atoms with Gasteiger partial charge in [0.1, 0.15) is 9.84 Å². The van der Waals surface area contributed by atoms with E-state index in [-0.39, 0.29) is 5.75 Å². The summed E-state index contributed by atoms with van der Waals surface area (Å²) in [7, 11) is -2.82. The molecule has 1 rings (SSSR count). The molecule has 1 heterocycles. The van der Waals surface area contributed by atoms with E-state index in [9.17, 15) is 8.42 Å². The standard InChI is InChI=1S/C15H32N2O2S/c1-5-8-14-11-16-15(13(3)4)12-17(14)9-7-10-20(18,19)6-2/h13-16H,5-12H2,1-4H3. The van der Waals surface area contributed by atoms with Gasteiger partial charge in [-0.05, 0) is 25.3 Å². The molecular formula is C15H32N2O2S. The molecule has 0 saturated carbocycles. The molecule has 0 aromatic heterocycles. The number of nitrogens with one attached hydrogen (secondary N) is 1. The highest BCUT2D eigenvalue weighted by Crippen LogP contribution is 2.16. The molecule has 5 heteroatoms. The number of sulfone groups is 1. The second-order valence-corrected chi connectivity index (χ2v) is 8.76. The zero-order valence-electron chi connectivity index (χ0n) is 13.6. The van der Waals surface area contributed by atoms with Crippen LogP contribution in [0.1, 0.15) is 47.0 Å². The Morgan fingerprint density at radius 1 is 1.30 bits per heavy atom. The summed E-state index contributed by atoms with van der Waals surface area (Å²) in [5, 5.41) is 3.64. The van der Waals surface area contributed by atoms with Crippen LogP contribution in [0.15, 0.2) is 0 Å². The molecule has 0 bridgehead atoms. The molecule has 0 amide bonds. The Bertz CT molecular complexity index is 368. The van der Waals surface area contributed by atoms with Gasteiger partial charge in [-0.1, -0.05) is 34.1 Å². The molecule has 1 aliphatic rings. The van der Waals surface area contributed by atoms with Crippen LogP contribution >= 0.6 is 0 Å². The zero-order valence-corrected chi connectivity index (χ0v) is 14.4. The van der Waals surface area contributed by atoms with Crippen molar-refractivity contribution in [1.29, 1.82) is 0 Å². The second-order valence-electron chi connectivity index (χ2n) is 6.29. The first-order valence-electron chi connectivity index (χ1n) is 8.07. The van der Waals surface area contributed by atoms with Crippen molar-refractivity contribution in [3.63, 3.8) is 0 Å². The molecule has 2 unspecified atom stereocenters. The topological polar surface area (TPSA) is 49.4 Å². The Morgan fingerprint density at radius 2 is 2.00 bits per heavy atom. The van der Waals surface area contributed by atoms with Crippen LogP contribution in [-0.4, -0.2) is 56.5 Å². The van der Waals surface area contributed by atoms with Crippen molar-refractivity contribution >= 4 is 9.84 Å². The monoisotopic (exact) mass is 304 g/mol. The van der Waals surface area contributed by atoms with Gasteiger partial charge in [0, 0.05) is 30.9 Å². The van der Waals surface area contributed by atoms with Gasteiger partial charge < -0.3 is 5.32 Å². The Morgan fingerprint density at radius 3 is 2.55 bits per heavy atom.